The van der Waals surface area contributed by atoms with E-state index in [0.29, 0.717) is 18.9 Å². The Hall–Kier alpha value is -2.44. The zero-order valence-electron chi connectivity index (χ0n) is 18.6. The van der Waals surface area contributed by atoms with E-state index in [4.69, 9.17) is 14.6 Å². The van der Waals surface area contributed by atoms with Crippen LogP contribution in [0.15, 0.2) is 12.1 Å². The molecule has 1 spiro atoms. The van der Waals surface area contributed by atoms with Gasteiger partial charge < -0.3 is 15.2 Å². The highest BCUT2D eigenvalue weighted by atomic mass is 32.1. The lowest BCUT2D eigenvalue weighted by molar-refractivity contribution is -0.192. The summed E-state index contributed by atoms with van der Waals surface area (Å²) in [5.41, 5.74) is 2.44. The van der Waals surface area contributed by atoms with Gasteiger partial charge in [-0.15, -0.1) is 11.3 Å². The fourth-order valence-electron chi connectivity index (χ4n) is 4.09. The molecule has 182 valence electrons. The minimum absolute atomic E-state index is 0.0801. The Morgan fingerprint density at radius 1 is 1.39 bits per heavy atom. The van der Waals surface area contributed by atoms with Crippen LogP contribution in [0.4, 0.5) is 13.2 Å². The van der Waals surface area contributed by atoms with Gasteiger partial charge in [-0.25, -0.2) is 4.79 Å². The summed E-state index contributed by atoms with van der Waals surface area (Å²) in [6, 6.07) is 4.49. The van der Waals surface area contributed by atoms with E-state index in [9.17, 15) is 18.0 Å². The molecule has 8 nitrogen and oxygen atoms in total. The zero-order chi connectivity index (χ0) is 24.4. The van der Waals surface area contributed by atoms with Gasteiger partial charge >= 0.3 is 12.1 Å². The molecule has 1 amide bonds. The lowest BCUT2D eigenvalue weighted by atomic mass is 9.80. The Labute approximate surface area is 193 Å². The van der Waals surface area contributed by atoms with Gasteiger partial charge in [0.1, 0.15) is 0 Å². The van der Waals surface area contributed by atoms with Crippen LogP contribution >= 0.6 is 11.3 Å². The highest BCUT2D eigenvalue weighted by Crippen LogP contribution is 2.40. The summed E-state index contributed by atoms with van der Waals surface area (Å²) in [5, 5.41) is 17.6. The Morgan fingerprint density at radius 2 is 2.09 bits per heavy atom. The van der Waals surface area contributed by atoms with E-state index in [1.165, 1.54) is 9.75 Å². The first-order valence-electron chi connectivity index (χ1n) is 10.5. The number of carboxylic acid groups (broad SMARTS) is 1. The molecule has 2 aromatic rings. The maximum atomic E-state index is 12.4. The second kappa shape index (κ2) is 9.82. The van der Waals surface area contributed by atoms with Crippen molar-refractivity contribution in [1.29, 1.82) is 0 Å². The molecule has 1 fully saturated rings. The number of fused-ring (bicyclic) bond motifs is 2. The number of hydrogen-bond acceptors (Lipinski definition) is 6. The third kappa shape index (κ3) is 5.92. The number of carbonyl (C=O) groups is 2. The first-order valence-corrected chi connectivity index (χ1v) is 11.3. The second-order valence-electron chi connectivity index (χ2n) is 8.60. The van der Waals surface area contributed by atoms with Crippen LogP contribution in [0.3, 0.4) is 0 Å². The summed E-state index contributed by atoms with van der Waals surface area (Å²) in [4.78, 5) is 26.6. The molecule has 0 saturated carbocycles. The monoisotopic (exact) mass is 488 g/mol. The molecule has 2 aliphatic rings. The zero-order valence-corrected chi connectivity index (χ0v) is 19.4. The molecule has 33 heavy (non-hydrogen) atoms. The maximum absolute atomic E-state index is 12.4. The highest BCUT2D eigenvalue weighted by Gasteiger charge is 2.46. The van der Waals surface area contributed by atoms with Crippen molar-refractivity contribution in [3.63, 3.8) is 0 Å². The molecule has 4 heterocycles. The SMILES string of the molecule is Cc1ccc(CN2CCC3(COCc4c(C(=O)NC(C)C)n[nH]c43)C2)s1.O=C(O)C(F)(F)F. The largest absolute Gasteiger partial charge is 0.490 e. The quantitative estimate of drug-likeness (QED) is 0.610. The summed E-state index contributed by atoms with van der Waals surface area (Å²) >= 11 is 1.86. The molecule has 0 aliphatic carbocycles. The van der Waals surface area contributed by atoms with Crippen molar-refractivity contribution < 1.29 is 32.6 Å². The maximum Gasteiger partial charge on any atom is 0.490 e. The third-order valence-corrected chi connectivity index (χ3v) is 6.49. The van der Waals surface area contributed by atoms with Gasteiger partial charge in [-0.05, 0) is 45.9 Å². The molecule has 4 rings (SSSR count). The van der Waals surface area contributed by atoms with Crippen LogP contribution in [0.5, 0.6) is 0 Å². The molecule has 0 radical (unpaired) electrons. The van der Waals surface area contributed by atoms with Gasteiger partial charge in [0, 0.05) is 39.9 Å². The van der Waals surface area contributed by atoms with Gasteiger partial charge in [0.15, 0.2) is 5.69 Å². The van der Waals surface area contributed by atoms with Crippen molar-refractivity contribution in [2.75, 3.05) is 19.7 Å². The third-order valence-electron chi connectivity index (χ3n) is 5.51. The summed E-state index contributed by atoms with van der Waals surface area (Å²) in [5.74, 6) is -2.88. The van der Waals surface area contributed by atoms with Crippen LogP contribution < -0.4 is 5.32 Å². The number of ether oxygens (including phenoxy) is 1. The average molecular weight is 489 g/mol. The van der Waals surface area contributed by atoms with E-state index in [-0.39, 0.29) is 17.4 Å². The fraction of sp³-hybridized carbons (Fsp3) is 0.571. The molecular weight excluding hydrogens is 461 g/mol. The molecule has 1 saturated heterocycles. The minimum atomic E-state index is -5.08. The first-order chi connectivity index (χ1) is 15.4. The number of aromatic nitrogens is 2. The number of amides is 1. The summed E-state index contributed by atoms with van der Waals surface area (Å²) in [6.45, 7) is 10.1. The van der Waals surface area contributed by atoms with Crippen molar-refractivity contribution in [3.8, 4) is 0 Å². The van der Waals surface area contributed by atoms with Crippen LogP contribution in [-0.4, -0.2) is 64.0 Å². The standard InChI is InChI=1S/C19H26N4O2S.C2HF3O2/c1-12(2)20-18(24)16-15-9-25-11-19(17(15)22-21-16)6-7-23(10-19)8-14-5-4-13(3)26-14;3-2(4,5)1(6)7/h4-5,12H,6-11H2,1-3H3,(H,20,24)(H,21,22);(H,6,7). The number of hydrogen-bond donors (Lipinski definition) is 3. The van der Waals surface area contributed by atoms with Gasteiger partial charge in [-0.1, -0.05) is 0 Å². The molecule has 1 unspecified atom stereocenters. The Kier molecular flexibility index (Phi) is 7.49. The number of thiophene rings is 1. The normalized spacial score (nSPS) is 20.5. The topological polar surface area (TPSA) is 108 Å². The fourth-order valence-corrected chi connectivity index (χ4v) is 5.02. The number of carbonyl (C=O) groups excluding carboxylic acids is 1. The molecule has 12 heteroatoms. The molecule has 0 bridgehead atoms. The van der Waals surface area contributed by atoms with Crippen LogP contribution in [0.1, 0.15) is 51.8 Å². The van der Waals surface area contributed by atoms with E-state index in [2.05, 4.69) is 39.5 Å². The van der Waals surface area contributed by atoms with Gasteiger partial charge in [0.05, 0.1) is 18.9 Å². The van der Waals surface area contributed by atoms with Crippen molar-refractivity contribution in [2.45, 2.75) is 58.0 Å². The molecular formula is C21H27F3N4O4S. The number of nitrogens with zero attached hydrogens (tertiary/aromatic N) is 2. The molecule has 3 N–H and O–H groups in total. The van der Waals surface area contributed by atoms with Crippen LogP contribution in [0.2, 0.25) is 0 Å². The first kappa shape index (κ1) is 25.2. The van der Waals surface area contributed by atoms with Crippen molar-refractivity contribution in [1.82, 2.24) is 20.4 Å². The molecule has 2 aromatic heterocycles. The van der Waals surface area contributed by atoms with Crippen molar-refractivity contribution in [3.05, 3.63) is 38.8 Å². The average Bonchev–Trinajstić information content (AvgIpc) is 3.41. The number of aromatic amines is 1. The number of likely N-dealkylation sites (tertiary alicyclic amines) is 1. The lowest BCUT2D eigenvalue weighted by Crippen LogP contribution is -2.40. The molecule has 1 atom stereocenters. The summed E-state index contributed by atoms with van der Waals surface area (Å²) in [6.07, 6.45) is -4.06. The van der Waals surface area contributed by atoms with E-state index in [0.717, 1.165) is 37.3 Å². The van der Waals surface area contributed by atoms with Crippen LogP contribution in [0.25, 0.3) is 0 Å². The van der Waals surface area contributed by atoms with E-state index >= 15 is 0 Å². The van der Waals surface area contributed by atoms with Crippen LogP contribution in [0, 0.1) is 6.92 Å². The van der Waals surface area contributed by atoms with Gasteiger partial charge in [0.2, 0.25) is 0 Å². The molecule has 2 aliphatic heterocycles. The number of nitrogens with one attached hydrogen (secondary N) is 2. The lowest BCUT2D eigenvalue weighted by Gasteiger charge is -2.33. The van der Waals surface area contributed by atoms with E-state index in [1.54, 1.807) is 0 Å². The minimum Gasteiger partial charge on any atom is -0.475 e. The smallest absolute Gasteiger partial charge is 0.475 e. The second-order valence-corrected chi connectivity index (χ2v) is 9.98. The van der Waals surface area contributed by atoms with E-state index in [1.807, 2.05) is 25.2 Å². The summed E-state index contributed by atoms with van der Waals surface area (Å²) in [7, 11) is 0. The molecule has 0 aromatic carbocycles. The van der Waals surface area contributed by atoms with Crippen LogP contribution in [-0.2, 0) is 28.1 Å². The number of aliphatic carboxylic acids is 1. The predicted octanol–water partition coefficient (Wildman–Crippen LogP) is 3.23. The number of aryl methyl sites for hydroxylation is 1. The number of H-pyrrole nitrogens is 1. The van der Waals surface area contributed by atoms with Crippen molar-refractivity contribution >= 4 is 23.2 Å². The Bertz CT molecular complexity index is 1000. The number of alkyl halides is 3. The highest BCUT2D eigenvalue weighted by molar-refractivity contribution is 7.11. The summed E-state index contributed by atoms with van der Waals surface area (Å²) < 4.78 is 37.7. The van der Waals surface area contributed by atoms with Gasteiger partial charge in [-0.2, -0.15) is 18.3 Å². The Balaban J connectivity index is 0.000000383. The number of halogens is 3. The number of rotatable bonds is 4. The Morgan fingerprint density at radius 3 is 2.67 bits per heavy atom. The van der Waals surface area contributed by atoms with Gasteiger partial charge in [-0.3, -0.25) is 14.8 Å². The van der Waals surface area contributed by atoms with Crippen molar-refractivity contribution in [2.24, 2.45) is 0 Å². The van der Waals surface area contributed by atoms with Gasteiger partial charge in [0.25, 0.3) is 5.91 Å². The van der Waals surface area contributed by atoms with E-state index < -0.39 is 12.1 Å². The number of carboxylic acids is 1. The predicted molar refractivity (Wildman–Crippen MR) is 115 cm³/mol.